The molecule has 1 fully saturated rings. The van der Waals surface area contributed by atoms with Crippen molar-refractivity contribution in [3.63, 3.8) is 0 Å². The lowest BCUT2D eigenvalue weighted by Gasteiger charge is -2.27. The fourth-order valence-electron chi connectivity index (χ4n) is 2.54. The summed E-state index contributed by atoms with van der Waals surface area (Å²) in [6, 6.07) is 7.31. The van der Waals surface area contributed by atoms with E-state index in [1.54, 1.807) is 13.2 Å². The number of benzene rings is 1. The molecule has 0 saturated carbocycles. The number of ether oxygens (including phenoxy) is 2. The van der Waals surface area contributed by atoms with Crippen LogP contribution in [0.25, 0.3) is 0 Å². The van der Waals surface area contributed by atoms with Crippen molar-refractivity contribution in [2.45, 2.75) is 6.92 Å². The zero-order valence-electron chi connectivity index (χ0n) is 13.8. The van der Waals surface area contributed by atoms with Crippen LogP contribution in [0.1, 0.15) is 16.1 Å². The van der Waals surface area contributed by atoms with Crippen LogP contribution in [0.4, 0.5) is 11.5 Å². The molecular weight excluding hydrogens is 308 g/mol. The van der Waals surface area contributed by atoms with Gasteiger partial charge in [0.05, 0.1) is 26.0 Å². The van der Waals surface area contributed by atoms with Crippen LogP contribution in [0.3, 0.4) is 0 Å². The molecule has 1 aliphatic rings. The minimum Gasteiger partial charge on any atom is -0.495 e. The maximum Gasteiger partial charge on any atom is 0.274 e. The van der Waals surface area contributed by atoms with E-state index in [1.165, 1.54) is 6.33 Å². The van der Waals surface area contributed by atoms with Gasteiger partial charge in [-0.1, -0.05) is 6.07 Å². The van der Waals surface area contributed by atoms with E-state index in [2.05, 4.69) is 20.2 Å². The molecule has 2 aromatic rings. The van der Waals surface area contributed by atoms with E-state index in [-0.39, 0.29) is 5.91 Å². The molecule has 0 atom stereocenters. The van der Waals surface area contributed by atoms with Gasteiger partial charge in [0, 0.05) is 19.2 Å². The van der Waals surface area contributed by atoms with Crippen molar-refractivity contribution in [2.24, 2.45) is 0 Å². The molecule has 1 amide bonds. The number of aryl methyl sites for hydroxylation is 1. The molecule has 0 aliphatic carbocycles. The number of morpholine rings is 1. The summed E-state index contributed by atoms with van der Waals surface area (Å²) in [5.41, 5.74) is 1.96. The van der Waals surface area contributed by atoms with Crippen LogP contribution in [0.15, 0.2) is 30.6 Å². The predicted octanol–water partition coefficient (Wildman–Crippen LogP) is 1.88. The summed E-state index contributed by atoms with van der Waals surface area (Å²) in [6.45, 7) is 4.78. The first-order valence-corrected chi connectivity index (χ1v) is 7.78. The van der Waals surface area contributed by atoms with Crippen LogP contribution in [-0.2, 0) is 4.74 Å². The van der Waals surface area contributed by atoms with Gasteiger partial charge in [-0.3, -0.25) is 4.79 Å². The number of anilines is 2. The minimum atomic E-state index is -0.296. The average molecular weight is 328 g/mol. The summed E-state index contributed by atoms with van der Waals surface area (Å²) in [6.07, 6.45) is 1.41. The SMILES string of the molecule is COc1ccc(C)cc1NC(=O)c1cc(N2CCOCC2)ncn1. The van der Waals surface area contributed by atoms with Crippen molar-refractivity contribution in [3.05, 3.63) is 41.9 Å². The summed E-state index contributed by atoms with van der Waals surface area (Å²) < 4.78 is 10.6. The van der Waals surface area contributed by atoms with Crippen LogP contribution in [-0.4, -0.2) is 49.3 Å². The van der Waals surface area contributed by atoms with Gasteiger partial charge in [0.25, 0.3) is 5.91 Å². The molecule has 126 valence electrons. The van der Waals surface area contributed by atoms with Crippen molar-refractivity contribution in [2.75, 3.05) is 43.6 Å². The molecule has 7 heteroatoms. The van der Waals surface area contributed by atoms with E-state index in [0.717, 1.165) is 24.5 Å². The van der Waals surface area contributed by atoms with Gasteiger partial charge in [-0.15, -0.1) is 0 Å². The van der Waals surface area contributed by atoms with Gasteiger partial charge in [-0.25, -0.2) is 9.97 Å². The fourth-order valence-corrected chi connectivity index (χ4v) is 2.54. The fraction of sp³-hybridized carbons (Fsp3) is 0.353. The molecule has 3 rings (SSSR count). The third-order valence-corrected chi connectivity index (χ3v) is 3.82. The van der Waals surface area contributed by atoms with E-state index >= 15 is 0 Å². The summed E-state index contributed by atoms with van der Waals surface area (Å²) in [5.74, 6) is 1.04. The van der Waals surface area contributed by atoms with E-state index < -0.39 is 0 Å². The molecule has 7 nitrogen and oxygen atoms in total. The predicted molar refractivity (Wildman–Crippen MR) is 90.7 cm³/mol. The highest BCUT2D eigenvalue weighted by atomic mass is 16.5. The Kier molecular flexibility index (Phi) is 4.90. The number of amides is 1. The second-order valence-electron chi connectivity index (χ2n) is 5.52. The molecule has 2 heterocycles. The molecule has 0 radical (unpaired) electrons. The Balaban J connectivity index is 1.79. The Bertz CT molecular complexity index is 730. The van der Waals surface area contributed by atoms with E-state index in [1.807, 2.05) is 25.1 Å². The van der Waals surface area contributed by atoms with Crippen LogP contribution in [0.2, 0.25) is 0 Å². The standard InChI is InChI=1S/C17H20N4O3/c1-12-3-4-15(23-2)13(9-12)20-17(22)14-10-16(19-11-18-14)21-5-7-24-8-6-21/h3-4,9-11H,5-8H2,1-2H3,(H,20,22). The maximum absolute atomic E-state index is 12.5. The number of methoxy groups -OCH3 is 1. The van der Waals surface area contributed by atoms with Gasteiger partial charge in [-0.2, -0.15) is 0 Å². The number of nitrogens with one attached hydrogen (secondary N) is 1. The highest BCUT2D eigenvalue weighted by Crippen LogP contribution is 2.25. The largest absolute Gasteiger partial charge is 0.495 e. The van der Waals surface area contributed by atoms with Gasteiger partial charge in [0.15, 0.2) is 0 Å². The maximum atomic E-state index is 12.5. The van der Waals surface area contributed by atoms with Gasteiger partial charge in [0.1, 0.15) is 23.6 Å². The lowest BCUT2D eigenvalue weighted by molar-refractivity contribution is 0.102. The van der Waals surface area contributed by atoms with Crippen LogP contribution in [0.5, 0.6) is 5.75 Å². The molecule has 1 aromatic heterocycles. The van der Waals surface area contributed by atoms with E-state index in [0.29, 0.717) is 30.3 Å². The zero-order valence-corrected chi connectivity index (χ0v) is 13.8. The smallest absolute Gasteiger partial charge is 0.274 e. The van der Waals surface area contributed by atoms with Crippen molar-refractivity contribution in [3.8, 4) is 5.75 Å². The van der Waals surface area contributed by atoms with E-state index in [4.69, 9.17) is 9.47 Å². The molecular formula is C17H20N4O3. The van der Waals surface area contributed by atoms with Gasteiger partial charge in [0.2, 0.25) is 0 Å². The topological polar surface area (TPSA) is 76.6 Å². The third-order valence-electron chi connectivity index (χ3n) is 3.82. The molecule has 0 spiro atoms. The zero-order chi connectivity index (χ0) is 16.9. The number of nitrogens with zero attached hydrogens (tertiary/aromatic N) is 3. The molecule has 1 aromatic carbocycles. The summed E-state index contributed by atoms with van der Waals surface area (Å²) in [5, 5.41) is 2.85. The number of rotatable bonds is 4. The molecule has 24 heavy (non-hydrogen) atoms. The quantitative estimate of drug-likeness (QED) is 0.923. The highest BCUT2D eigenvalue weighted by Gasteiger charge is 2.16. The second kappa shape index (κ2) is 7.27. The Morgan fingerprint density at radius 2 is 2.04 bits per heavy atom. The summed E-state index contributed by atoms with van der Waals surface area (Å²) in [4.78, 5) is 22.9. The van der Waals surface area contributed by atoms with Crippen LogP contribution in [0, 0.1) is 6.92 Å². The Hall–Kier alpha value is -2.67. The lowest BCUT2D eigenvalue weighted by atomic mass is 10.2. The molecule has 0 unspecified atom stereocenters. The van der Waals surface area contributed by atoms with Crippen LogP contribution < -0.4 is 15.0 Å². The lowest BCUT2D eigenvalue weighted by Crippen LogP contribution is -2.37. The molecule has 0 bridgehead atoms. The van der Waals surface area contributed by atoms with Gasteiger partial charge < -0.3 is 19.7 Å². The highest BCUT2D eigenvalue weighted by molar-refractivity contribution is 6.04. The number of carbonyl (C=O) groups is 1. The van der Waals surface area contributed by atoms with Crippen molar-refractivity contribution < 1.29 is 14.3 Å². The van der Waals surface area contributed by atoms with Crippen molar-refractivity contribution in [1.29, 1.82) is 0 Å². The number of hydrogen-bond acceptors (Lipinski definition) is 6. The second-order valence-corrected chi connectivity index (χ2v) is 5.52. The molecule has 1 N–H and O–H groups in total. The van der Waals surface area contributed by atoms with E-state index in [9.17, 15) is 4.79 Å². The third kappa shape index (κ3) is 3.62. The number of aromatic nitrogens is 2. The van der Waals surface area contributed by atoms with Gasteiger partial charge >= 0.3 is 0 Å². The van der Waals surface area contributed by atoms with Gasteiger partial charge in [-0.05, 0) is 24.6 Å². The summed E-state index contributed by atoms with van der Waals surface area (Å²) >= 11 is 0. The minimum absolute atomic E-state index is 0.296. The van der Waals surface area contributed by atoms with Crippen LogP contribution >= 0.6 is 0 Å². The first kappa shape index (κ1) is 16.2. The van der Waals surface area contributed by atoms with Crippen molar-refractivity contribution in [1.82, 2.24) is 9.97 Å². The first-order valence-electron chi connectivity index (χ1n) is 7.78. The normalized spacial score (nSPS) is 14.3. The molecule has 1 saturated heterocycles. The molecule has 1 aliphatic heterocycles. The Morgan fingerprint density at radius 3 is 2.79 bits per heavy atom. The Morgan fingerprint density at radius 1 is 1.25 bits per heavy atom. The number of hydrogen-bond donors (Lipinski definition) is 1. The number of carbonyl (C=O) groups excluding carboxylic acids is 1. The first-order chi connectivity index (χ1) is 11.7. The average Bonchev–Trinajstić information content (AvgIpc) is 2.63. The Labute approximate surface area is 140 Å². The summed E-state index contributed by atoms with van der Waals surface area (Å²) in [7, 11) is 1.57. The monoisotopic (exact) mass is 328 g/mol. The van der Waals surface area contributed by atoms with Crippen molar-refractivity contribution >= 4 is 17.4 Å².